The second kappa shape index (κ2) is 5.46. The average Bonchev–Trinajstić information content (AvgIpc) is 3.02. The molecule has 1 aliphatic rings. The third-order valence-corrected chi connectivity index (χ3v) is 3.86. The lowest BCUT2D eigenvalue weighted by molar-refractivity contribution is 0.0546. The number of hydrogen-bond acceptors (Lipinski definition) is 3. The Hall–Kier alpha value is -2.14. The Kier molecular flexibility index (Phi) is 3.52. The normalized spacial score (nSPS) is 20.1. The minimum atomic E-state index is 0.0489. The van der Waals surface area contributed by atoms with E-state index in [1.54, 1.807) is 12.4 Å². The monoisotopic (exact) mass is 270 g/mol. The van der Waals surface area contributed by atoms with Gasteiger partial charge in [-0.1, -0.05) is 30.3 Å². The summed E-state index contributed by atoms with van der Waals surface area (Å²) in [6.45, 7) is 2.34. The van der Waals surface area contributed by atoms with Gasteiger partial charge in [-0.2, -0.15) is 5.10 Å². The summed E-state index contributed by atoms with van der Waals surface area (Å²) >= 11 is 0. The zero-order valence-electron chi connectivity index (χ0n) is 11.5. The highest BCUT2D eigenvalue weighted by Gasteiger charge is 2.29. The van der Waals surface area contributed by atoms with Crippen molar-refractivity contribution in [1.29, 1.82) is 0 Å². The van der Waals surface area contributed by atoms with Crippen molar-refractivity contribution in [3.8, 4) is 0 Å². The number of H-pyrrole nitrogens is 1. The molecule has 1 aromatic heterocycles. The standard InChI is InChI=1S/C15H18N4O/c1-18-7-8-19(15(20)13-9-16-17-10-13)11-14(18)12-5-3-2-4-6-12/h2-6,9-10,14H,7-8,11H2,1H3,(H,16,17). The number of amides is 1. The molecule has 20 heavy (non-hydrogen) atoms. The fourth-order valence-corrected chi connectivity index (χ4v) is 2.64. The van der Waals surface area contributed by atoms with Crippen LogP contribution in [0.25, 0.3) is 0 Å². The number of nitrogens with zero attached hydrogens (tertiary/aromatic N) is 3. The van der Waals surface area contributed by atoms with Gasteiger partial charge in [0.1, 0.15) is 0 Å². The minimum absolute atomic E-state index is 0.0489. The second-order valence-electron chi connectivity index (χ2n) is 5.15. The summed E-state index contributed by atoms with van der Waals surface area (Å²) < 4.78 is 0. The number of benzene rings is 1. The SMILES string of the molecule is CN1CCN(C(=O)c2cn[nH]c2)CC1c1ccccc1. The predicted octanol–water partition coefficient (Wildman–Crippen LogP) is 1.54. The first-order valence-corrected chi connectivity index (χ1v) is 6.79. The number of likely N-dealkylation sites (N-methyl/N-ethyl adjacent to an activating group) is 1. The second-order valence-corrected chi connectivity index (χ2v) is 5.15. The van der Waals surface area contributed by atoms with E-state index in [0.29, 0.717) is 12.1 Å². The fourth-order valence-electron chi connectivity index (χ4n) is 2.64. The summed E-state index contributed by atoms with van der Waals surface area (Å²) in [6, 6.07) is 10.6. The maximum atomic E-state index is 12.4. The Labute approximate surface area is 118 Å². The Bertz CT molecular complexity index is 567. The van der Waals surface area contributed by atoms with Crippen LogP contribution in [0, 0.1) is 0 Å². The van der Waals surface area contributed by atoms with E-state index in [4.69, 9.17) is 0 Å². The van der Waals surface area contributed by atoms with E-state index >= 15 is 0 Å². The zero-order valence-corrected chi connectivity index (χ0v) is 11.5. The molecule has 0 bridgehead atoms. The maximum absolute atomic E-state index is 12.4. The molecule has 1 unspecified atom stereocenters. The summed E-state index contributed by atoms with van der Waals surface area (Å²) in [5, 5.41) is 6.54. The molecule has 0 aliphatic carbocycles. The van der Waals surface area contributed by atoms with Gasteiger partial charge in [-0.3, -0.25) is 14.8 Å². The number of carbonyl (C=O) groups is 1. The third kappa shape index (κ3) is 2.44. The van der Waals surface area contributed by atoms with E-state index in [2.05, 4.69) is 34.3 Å². The first kappa shape index (κ1) is 12.9. The van der Waals surface area contributed by atoms with Crippen LogP contribution in [0.2, 0.25) is 0 Å². The molecule has 5 nitrogen and oxygen atoms in total. The van der Waals surface area contributed by atoms with E-state index in [9.17, 15) is 4.79 Å². The summed E-state index contributed by atoms with van der Waals surface area (Å²) in [4.78, 5) is 16.6. The van der Waals surface area contributed by atoms with Crippen molar-refractivity contribution >= 4 is 5.91 Å². The molecule has 1 atom stereocenters. The molecule has 0 saturated carbocycles. The van der Waals surface area contributed by atoms with Gasteiger partial charge < -0.3 is 4.90 Å². The first-order valence-electron chi connectivity index (χ1n) is 6.79. The number of nitrogens with one attached hydrogen (secondary N) is 1. The number of carbonyl (C=O) groups excluding carboxylic acids is 1. The Morgan fingerprint density at radius 1 is 1.30 bits per heavy atom. The largest absolute Gasteiger partial charge is 0.335 e. The third-order valence-electron chi connectivity index (χ3n) is 3.86. The number of hydrogen-bond donors (Lipinski definition) is 1. The van der Waals surface area contributed by atoms with Crippen LogP contribution in [0.3, 0.4) is 0 Å². The van der Waals surface area contributed by atoms with Gasteiger partial charge in [-0.05, 0) is 12.6 Å². The smallest absolute Gasteiger partial charge is 0.257 e. The van der Waals surface area contributed by atoms with Crippen LogP contribution in [0.5, 0.6) is 0 Å². The molecule has 1 fully saturated rings. The summed E-state index contributed by atoms with van der Waals surface area (Å²) in [7, 11) is 2.11. The molecular formula is C15H18N4O. The van der Waals surface area contributed by atoms with Gasteiger partial charge >= 0.3 is 0 Å². The first-order chi connectivity index (χ1) is 9.75. The van der Waals surface area contributed by atoms with Crippen molar-refractivity contribution in [3.63, 3.8) is 0 Å². The number of aromatic amines is 1. The summed E-state index contributed by atoms with van der Waals surface area (Å²) in [5.41, 5.74) is 1.88. The highest BCUT2D eigenvalue weighted by atomic mass is 16.2. The lowest BCUT2D eigenvalue weighted by Gasteiger charge is -2.39. The maximum Gasteiger partial charge on any atom is 0.257 e. The Balaban J connectivity index is 1.78. The van der Waals surface area contributed by atoms with Crippen LogP contribution in [0.1, 0.15) is 22.0 Å². The van der Waals surface area contributed by atoms with Gasteiger partial charge in [0.15, 0.2) is 0 Å². The predicted molar refractivity (Wildman–Crippen MR) is 76.3 cm³/mol. The van der Waals surface area contributed by atoms with Gasteiger partial charge in [0.05, 0.1) is 17.8 Å². The number of aromatic nitrogens is 2. The van der Waals surface area contributed by atoms with Crippen molar-refractivity contribution in [2.24, 2.45) is 0 Å². The fraction of sp³-hybridized carbons (Fsp3) is 0.333. The molecular weight excluding hydrogens is 252 g/mol. The van der Waals surface area contributed by atoms with Crippen molar-refractivity contribution in [1.82, 2.24) is 20.0 Å². The molecule has 104 valence electrons. The molecule has 1 aromatic carbocycles. The van der Waals surface area contributed by atoms with Gasteiger partial charge in [-0.25, -0.2) is 0 Å². The van der Waals surface area contributed by atoms with Crippen LogP contribution in [-0.2, 0) is 0 Å². The van der Waals surface area contributed by atoms with Gasteiger partial charge in [0.2, 0.25) is 0 Å². The molecule has 1 N–H and O–H groups in total. The van der Waals surface area contributed by atoms with Crippen LogP contribution < -0.4 is 0 Å². The zero-order chi connectivity index (χ0) is 13.9. The molecule has 2 heterocycles. The highest BCUT2D eigenvalue weighted by molar-refractivity contribution is 5.93. The van der Waals surface area contributed by atoms with E-state index in [-0.39, 0.29) is 11.9 Å². The van der Waals surface area contributed by atoms with Crippen LogP contribution in [0.15, 0.2) is 42.7 Å². The quantitative estimate of drug-likeness (QED) is 0.900. The number of rotatable bonds is 2. The van der Waals surface area contributed by atoms with E-state index in [1.165, 1.54) is 5.56 Å². The summed E-state index contributed by atoms with van der Waals surface area (Å²) in [6.07, 6.45) is 3.23. The van der Waals surface area contributed by atoms with Crippen LogP contribution in [-0.4, -0.2) is 52.6 Å². The molecule has 1 saturated heterocycles. The van der Waals surface area contributed by atoms with Crippen LogP contribution in [0.4, 0.5) is 0 Å². The Morgan fingerprint density at radius 3 is 2.80 bits per heavy atom. The minimum Gasteiger partial charge on any atom is -0.335 e. The van der Waals surface area contributed by atoms with Crippen molar-refractivity contribution in [3.05, 3.63) is 53.9 Å². The molecule has 5 heteroatoms. The van der Waals surface area contributed by atoms with Crippen LogP contribution >= 0.6 is 0 Å². The molecule has 0 spiro atoms. The molecule has 1 aliphatic heterocycles. The summed E-state index contributed by atoms with van der Waals surface area (Å²) in [5.74, 6) is 0.0489. The van der Waals surface area contributed by atoms with E-state index < -0.39 is 0 Å². The topological polar surface area (TPSA) is 52.2 Å². The molecule has 0 radical (unpaired) electrons. The molecule has 3 rings (SSSR count). The molecule has 1 amide bonds. The van der Waals surface area contributed by atoms with E-state index in [1.807, 2.05) is 23.1 Å². The van der Waals surface area contributed by atoms with Gasteiger partial charge in [-0.15, -0.1) is 0 Å². The lowest BCUT2D eigenvalue weighted by Crippen LogP contribution is -2.48. The highest BCUT2D eigenvalue weighted by Crippen LogP contribution is 2.24. The Morgan fingerprint density at radius 2 is 2.10 bits per heavy atom. The van der Waals surface area contributed by atoms with Gasteiger partial charge in [0, 0.05) is 25.8 Å². The van der Waals surface area contributed by atoms with Crippen molar-refractivity contribution in [2.75, 3.05) is 26.7 Å². The molecule has 2 aromatic rings. The van der Waals surface area contributed by atoms with Gasteiger partial charge in [0.25, 0.3) is 5.91 Å². The lowest BCUT2D eigenvalue weighted by atomic mass is 10.0. The average molecular weight is 270 g/mol. The van der Waals surface area contributed by atoms with E-state index in [0.717, 1.165) is 13.1 Å². The number of piperazine rings is 1. The van der Waals surface area contributed by atoms with Crippen molar-refractivity contribution < 1.29 is 4.79 Å². The van der Waals surface area contributed by atoms with Crippen molar-refractivity contribution in [2.45, 2.75) is 6.04 Å².